The second kappa shape index (κ2) is 8.96. The summed E-state index contributed by atoms with van der Waals surface area (Å²) in [5.41, 5.74) is 2.72. The van der Waals surface area contributed by atoms with E-state index < -0.39 is 5.97 Å². The van der Waals surface area contributed by atoms with Crippen LogP contribution in [0, 0.1) is 6.92 Å². The van der Waals surface area contributed by atoms with Gasteiger partial charge in [-0.3, -0.25) is 0 Å². The van der Waals surface area contributed by atoms with Crippen molar-refractivity contribution in [1.29, 1.82) is 0 Å². The quantitative estimate of drug-likeness (QED) is 0.383. The number of carbonyl (C=O) groups excluding carboxylic acids is 1. The number of carbonyl (C=O) groups is 1. The molecule has 0 saturated carbocycles. The third-order valence-corrected chi connectivity index (χ3v) is 4.00. The number of halogens is 1. The molecule has 0 aromatic carbocycles. The van der Waals surface area contributed by atoms with Gasteiger partial charge in [0.1, 0.15) is 18.3 Å². The van der Waals surface area contributed by atoms with Crippen molar-refractivity contribution in [2.24, 2.45) is 0 Å². The Morgan fingerprint density at radius 2 is 1.93 bits per heavy atom. The van der Waals surface area contributed by atoms with E-state index in [1.165, 1.54) is 19.8 Å². The lowest BCUT2D eigenvalue weighted by molar-refractivity contribution is 0.0602. The fourth-order valence-corrected chi connectivity index (χ4v) is 2.65. The number of ether oxygens (including phenoxy) is 1. The number of methoxy groups -OCH3 is 1. The number of rotatable bonds is 3. The Hall–Kier alpha value is -3.46. The van der Waals surface area contributed by atoms with Gasteiger partial charge < -0.3 is 9.30 Å². The highest BCUT2D eigenvalue weighted by Gasteiger charge is 2.17. The minimum absolute atomic E-state index is 0.205. The van der Waals surface area contributed by atoms with Crippen LogP contribution in [0.4, 0.5) is 0 Å². The maximum atomic E-state index is 11.9. The predicted molar refractivity (Wildman–Crippen MR) is 102 cm³/mol. The predicted octanol–water partition coefficient (Wildman–Crippen LogP) is 2.49. The molecule has 0 bridgehead atoms. The van der Waals surface area contributed by atoms with Crippen LogP contribution in [0.1, 0.15) is 21.6 Å². The largest absolute Gasteiger partial charge is 0.465 e. The van der Waals surface area contributed by atoms with E-state index in [-0.39, 0.29) is 5.28 Å². The Morgan fingerprint density at radius 3 is 2.54 bits per heavy atom. The molecule has 4 aromatic rings. The molecule has 10 heteroatoms. The molecule has 0 atom stereocenters. The minimum atomic E-state index is -0.428. The van der Waals surface area contributed by atoms with Crippen molar-refractivity contribution in [1.82, 2.24) is 34.5 Å². The van der Waals surface area contributed by atoms with Crippen LogP contribution in [0.2, 0.25) is 5.28 Å². The summed E-state index contributed by atoms with van der Waals surface area (Å²) in [5.74, 6) is -0.428. The Kier molecular flexibility index (Phi) is 6.18. The molecule has 0 unspecified atom stereocenters. The van der Waals surface area contributed by atoms with E-state index >= 15 is 0 Å². The Morgan fingerprint density at radius 1 is 1.14 bits per heavy atom. The zero-order valence-corrected chi connectivity index (χ0v) is 15.9. The second-order valence-electron chi connectivity index (χ2n) is 5.58. The zero-order chi connectivity index (χ0) is 19.9. The van der Waals surface area contributed by atoms with Crippen molar-refractivity contribution < 1.29 is 9.53 Å². The maximum Gasteiger partial charge on any atom is 0.340 e. The number of aromatic nitrogens is 7. The number of fused-ring (bicyclic) bond motifs is 1. The number of aryl methyl sites for hydroxylation is 1. The summed E-state index contributed by atoms with van der Waals surface area (Å²) in [6.45, 7) is 2.32. The molecule has 0 saturated heterocycles. The van der Waals surface area contributed by atoms with E-state index in [0.717, 1.165) is 11.3 Å². The van der Waals surface area contributed by atoms with Gasteiger partial charge >= 0.3 is 5.97 Å². The summed E-state index contributed by atoms with van der Waals surface area (Å²) >= 11 is 5.77. The molecule has 0 radical (unpaired) electrons. The van der Waals surface area contributed by atoms with Crippen LogP contribution in [0.25, 0.3) is 11.0 Å². The van der Waals surface area contributed by atoms with Gasteiger partial charge in [0, 0.05) is 42.2 Å². The molecule has 4 aromatic heterocycles. The summed E-state index contributed by atoms with van der Waals surface area (Å²) in [6, 6.07) is 1.78. The Labute approximate surface area is 165 Å². The van der Waals surface area contributed by atoms with Crippen molar-refractivity contribution in [3.8, 4) is 0 Å². The lowest BCUT2D eigenvalue weighted by atomic mass is 10.2. The normalized spacial score (nSPS) is 10.2. The minimum Gasteiger partial charge on any atom is -0.465 e. The van der Waals surface area contributed by atoms with Crippen molar-refractivity contribution in [2.75, 3.05) is 7.11 Å². The topological polar surface area (TPSA) is 109 Å². The molecular weight excluding hydrogens is 382 g/mol. The van der Waals surface area contributed by atoms with Gasteiger partial charge in [-0.1, -0.05) is 0 Å². The van der Waals surface area contributed by atoms with E-state index in [1.54, 1.807) is 37.1 Å². The summed E-state index contributed by atoms with van der Waals surface area (Å²) in [4.78, 5) is 35.5. The van der Waals surface area contributed by atoms with Gasteiger partial charge in [-0.25, -0.2) is 34.7 Å². The van der Waals surface area contributed by atoms with Crippen LogP contribution < -0.4 is 0 Å². The van der Waals surface area contributed by atoms with Gasteiger partial charge in [0.2, 0.25) is 5.28 Å². The molecule has 142 valence electrons. The third-order valence-electron chi connectivity index (χ3n) is 3.81. The fourth-order valence-electron chi connectivity index (χ4n) is 2.48. The Bertz CT molecular complexity index is 1060. The second-order valence-corrected chi connectivity index (χ2v) is 5.91. The first kappa shape index (κ1) is 19.3. The lowest BCUT2D eigenvalue weighted by Gasteiger charge is -2.06. The van der Waals surface area contributed by atoms with Gasteiger partial charge in [-0.05, 0) is 24.6 Å². The van der Waals surface area contributed by atoms with Gasteiger partial charge in [0.25, 0.3) is 0 Å². The molecular formula is C18H16ClN7O2. The van der Waals surface area contributed by atoms with Gasteiger partial charge in [0.05, 0.1) is 24.6 Å². The maximum absolute atomic E-state index is 11.9. The molecule has 0 aliphatic rings. The number of nitrogens with zero attached hydrogens (tertiary/aromatic N) is 7. The summed E-state index contributed by atoms with van der Waals surface area (Å²) in [5, 5.41) is 0.845. The zero-order valence-electron chi connectivity index (χ0n) is 15.2. The first-order valence-electron chi connectivity index (χ1n) is 8.15. The van der Waals surface area contributed by atoms with Crippen LogP contribution in [0.3, 0.4) is 0 Å². The highest BCUT2D eigenvalue weighted by Crippen LogP contribution is 2.21. The van der Waals surface area contributed by atoms with E-state index in [1.807, 2.05) is 11.5 Å². The number of hydrogen-bond acceptors (Lipinski definition) is 8. The molecule has 0 aliphatic carbocycles. The molecule has 0 aliphatic heterocycles. The van der Waals surface area contributed by atoms with E-state index in [0.29, 0.717) is 23.1 Å². The summed E-state index contributed by atoms with van der Waals surface area (Å²) in [7, 11) is 1.34. The standard InChI is InChI=1S/C14H12ClN5O2.C4H4N2/c1-8-9(3-17-14(15)19-8)5-20-6-11(13(21)22-2)10-4-16-7-18-12(10)20;1-2-5-4-6-3-1/h3-4,6-7H,5H2,1-2H3;1-4H. The van der Waals surface area contributed by atoms with Crippen molar-refractivity contribution in [3.05, 3.63) is 71.8 Å². The van der Waals surface area contributed by atoms with Gasteiger partial charge in [-0.15, -0.1) is 0 Å². The summed E-state index contributed by atoms with van der Waals surface area (Å²) in [6.07, 6.45) is 11.3. The molecule has 0 fully saturated rings. The van der Waals surface area contributed by atoms with Crippen LogP contribution in [0.5, 0.6) is 0 Å². The van der Waals surface area contributed by atoms with Crippen LogP contribution >= 0.6 is 11.6 Å². The molecule has 0 amide bonds. The first-order valence-corrected chi connectivity index (χ1v) is 8.53. The van der Waals surface area contributed by atoms with E-state index in [9.17, 15) is 4.79 Å². The lowest BCUT2D eigenvalue weighted by Crippen LogP contribution is -2.04. The molecule has 4 rings (SSSR count). The van der Waals surface area contributed by atoms with Crippen LogP contribution in [-0.4, -0.2) is 47.6 Å². The molecule has 28 heavy (non-hydrogen) atoms. The highest BCUT2D eigenvalue weighted by molar-refractivity contribution is 6.28. The average Bonchev–Trinajstić information content (AvgIpc) is 3.10. The van der Waals surface area contributed by atoms with Crippen molar-refractivity contribution in [3.63, 3.8) is 0 Å². The number of hydrogen-bond donors (Lipinski definition) is 0. The molecule has 9 nitrogen and oxygen atoms in total. The van der Waals surface area contributed by atoms with Gasteiger partial charge in [0.15, 0.2) is 0 Å². The molecule has 0 spiro atoms. The van der Waals surface area contributed by atoms with E-state index in [4.69, 9.17) is 16.3 Å². The third kappa shape index (κ3) is 4.44. The van der Waals surface area contributed by atoms with Gasteiger partial charge in [-0.2, -0.15) is 0 Å². The first-order chi connectivity index (χ1) is 13.6. The van der Waals surface area contributed by atoms with Crippen LogP contribution in [-0.2, 0) is 11.3 Å². The molecule has 0 N–H and O–H groups in total. The number of esters is 1. The monoisotopic (exact) mass is 397 g/mol. The smallest absolute Gasteiger partial charge is 0.340 e. The summed E-state index contributed by atoms with van der Waals surface area (Å²) < 4.78 is 6.63. The van der Waals surface area contributed by atoms with Crippen molar-refractivity contribution in [2.45, 2.75) is 13.5 Å². The molecule has 4 heterocycles. The average molecular weight is 398 g/mol. The fraction of sp³-hybridized carbons (Fsp3) is 0.167. The Balaban J connectivity index is 0.000000320. The van der Waals surface area contributed by atoms with Crippen LogP contribution in [0.15, 0.2) is 49.7 Å². The van der Waals surface area contributed by atoms with Crippen molar-refractivity contribution >= 4 is 28.6 Å². The van der Waals surface area contributed by atoms with E-state index in [2.05, 4.69) is 29.9 Å². The highest BCUT2D eigenvalue weighted by atomic mass is 35.5. The SMILES string of the molecule is COC(=O)c1cn(Cc2cnc(Cl)nc2C)c2ncncc12.c1cncnc1.